The summed E-state index contributed by atoms with van der Waals surface area (Å²) >= 11 is 0. The van der Waals surface area contributed by atoms with Crippen molar-refractivity contribution in [1.82, 2.24) is 4.57 Å². The minimum absolute atomic E-state index is 0.188. The average molecular weight is 552 g/mol. The van der Waals surface area contributed by atoms with Gasteiger partial charge in [-0.05, 0) is 47.5 Å². The first-order valence-corrected chi connectivity index (χ1v) is 14.7. The van der Waals surface area contributed by atoms with Gasteiger partial charge in [-0.15, -0.1) is 0 Å². The van der Waals surface area contributed by atoms with E-state index in [1.54, 1.807) is 0 Å². The molecular formula is C40H29N3. The zero-order valence-electron chi connectivity index (χ0n) is 24.1. The minimum atomic E-state index is -0.188. The van der Waals surface area contributed by atoms with Crippen molar-refractivity contribution in [3.63, 3.8) is 0 Å². The molecule has 6 aromatic carbocycles. The van der Waals surface area contributed by atoms with Crippen molar-refractivity contribution < 1.29 is 0 Å². The molecule has 0 spiro atoms. The number of fused-ring (bicyclic) bond motifs is 5. The molecule has 204 valence electrons. The van der Waals surface area contributed by atoms with Gasteiger partial charge in [-0.25, -0.2) is 0 Å². The van der Waals surface area contributed by atoms with Gasteiger partial charge >= 0.3 is 0 Å². The fourth-order valence-corrected chi connectivity index (χ4v) is 7.08. The molecule has 0 N–H and O–H groups in total. The summed E-state index contributed by atoms with van der Waals surface area (Å²) in [6.45, 7) is 4.58. The monoisotopic (exact) mass is 551 g/mol. The summed E-state index contributed by atoms with van der Waals surface area (Å²) in [5, 5.41) is 13.0. The molecule has 0 atom stereocenters. The summed E-state index contributed by atoms with van der Waals surface area (Å²) in [6.07, 6.45) is 0. The molecule has 3 nitrogen and oxygen atoms in total. The molecule has 0 radical (unpaired) electrons. The second kappa shape index (κ2) is 9.48. The molecule has 1 aliphatic heterocycles. The van der Waals surface area contributed by atoms with Gasteiger partial charge in [0.2, 0.25) is 0 Å². The molecule has 0 saturated carbocycles. The molecule has 0 amide bonds. The lowest BCUT2D eigenvalue weighted by atomic mass is 9.73. The number of anilines is 3. The fourth-order valence-electron chi connectivity index (χ4n) is 7.08. The predicted molar refractivity (Wildman–Crippen MR) is 178 cm³/mol. The van der Waals surface area contributed by atoms with Crippen LogP contribution in [0.3, 0.4) is 0 Å². The summed E-state index contributed by atoms with van der Waals surface area (Å²) in [5.41, 5.74) is 11.5. The van der Waals surface area contributed by atoms with E-state index in [9.17, 15) is 5.26 Å². The van der Waals surface area contributed by atoms with Crippen molar-refractivity contribution >= 4 is 38.9 Å². The van der Waals surface area contributed by atoms with Crippen molar-refractivity contribution in [2.24, 2.45) is 0 Å². The Bertz CT molecular complexity index is 2140. The van der Waals surface area contributed by atoms with Crippen LogP contribution in [0.4, 0.5) is 17.1 Å². The molecule has 3 heteroatoms. The van der Waals surface area contributed by atoms with Gasteiger partial charge in [0.1, 0.15) is 6.07 Å². The van der Waals surface area contributed by atoms with Gasteiger partial charge in [0.05, 0.1) is 39.3 Å². The fraction of sp³-hybridized carbons (Fsp3) is 0.0750. The zero-order chi connectivity index (χ0) is 29.1. The van der Waals surface area contributed by atoms with Gasteiger partial charge in [0.15, 0.2) is 0 Å². The molecule has 0 aliphatic carbocycles. The van der Waals surface area contributed by atoms with Gasteiger partial charge < -0.3 is 9.47 Å². The first-order chi connectivity index (χ1) is 21.1. The van der Waals surface area contributed by atoms with Crippen LogP contribution in [-0.2, 0) is 5.41 Å². The number of benzene rings is 6. The summed E-state index contributed by atoms with van der Waals surface area (Å²) in [5.74, 6) is 0. The number of nitriles is 1. The zero-order valence-corrected chi connectivity index (χ0v) is 24.1. The molecule has 1 aromatic heterocycles. The Labute approximate surface area is 251 Å². The molecule has 43 heavy (non-hydrogen) atoms. The predicted octanol–water partition coefficient (Wildman–Crippen LogP) is 10.4. The molecule has 0 unspecified atom stereocenters. The first kappa shape index (κ1) is 25.1. The van der Waals surface area contributed by atoms with Gasteiger partial charge in [-0.3, -0.25) is 0 Å². The largest absolute Gasteiger partial charge is 0.309 e. The van der Waals surface area contributed by atoms with E-state index in [0.29, 0.717) is 5.56 Å². The lowest BCUT2D eigenvalue weighted by molar-refractivity contribution is 0.632. The lowest BCUT2D eigenvalue weighted by Gasteiger charge is -2.42. The summed E-state index contributed by atoms with van der Waals surface area (Å²) < 4.78 is 2.37. The lowest BCUT2D eigenvalue weighted by Crippen LogP contribution is -2.31. The number of aromatic nitrogens is 1. The Kier molecular flexibility index (Phi) is 5.54. The van der Waals surface area contributed by atoms with Crippen LogP contribution in [0.2, 0.25) is 0 Å². The summed E-state index contributed by atoms with van der Waals surface area (Å²) in [6, 6.07) is 51.6. The molecule has 0 saturated heterocycles. The maximum absolute atomic E-state index is 10.6. The highest BCUT2D eigenvalue weighted by molar-refractivity contribution is 6.10. The second-order valence-electron chi connectivity index (χ2n) is 11.7. The van der Waals surface area contributed by atoms with E-state index in [2.05, 4.69) is 157 Å². The Morgan fingerprint density at radius 2 is 1.00 bits per heavy atom. The van der Waals surface area contributed by atoms with Crippen LogP contribution in [0.15, 0.2) is 140 Å². The van der Waals surface area contributed by atoms with Crippen molar-refractivity contribution in [3.8, 4) is 22.9 Å². The Hall–Kier alpha value is -5.59. The normalized spacial score (nSPS) is 13.5. The molecule has 2 heterocycles. The van der Waals surface area contributed by atoms with E-state index < -0.39 is 0 Å². The van der Waals surface area contributed by atoms with Crippen LogP contribution in [0.25, 0.3) is 38.6 Å². The third kappa shape index (κ3) is 3.60. The molecule has 0 bridgehead atoms. The highest BCUT2D eigenvalue weighted by atomic mass is 15.2. The van der Waals surface area contributed by atoms with Crippen LogP contribution in [0.5, 0.6) is 0 Å². The van der Waals surface area contributed by atoms with Crippen LogP contribution in [0, 0.1) is 11.3 Å². The number of para-hydroxylation sites is 6. The van der Waals surface area contributed by atoms with Crippen LogP contribution < -0.4 is 4.90 Å². The van der Waals surface area contributed by atoms with E-state index in [-0.39, 0.29) is 5.41 Å². The van der Waals surface area contributed by atoms with E-state index >= 15 is 0 Å². The highest BCUT2D eigenvalue weighted by Gasteiger charge is 2.38. The molecule has 0 fully saturated rings. The molecule has 8 rings (SSSR count). The molecule has 7 aromatic rings. The quantitative estimate of drug-likeness (QED) is 0.219. The van der Waals surface area contributed by atoms with Crippen molar-refractivity contribution in [3.05, 3.63) is 156 Å². The van der Waals surface area contributed by atoms with E-state index in [1.165, 1.54) is 21.9 Å². The van der Waals surface area contributed by atoms with Gasteiger partial charge in [-0.1, -0.05) is 117 Å². The minimum Gasteiger partial charge on any atom is -0.309 e. The van der Waals surface area contributed by atoms with Gasteiger partial charge in [-0.2, -0.15) is 5.26 Å². The standard InChI is InChI=1S/C40H29N3/c1-40(2)32-19-6-11-24-37(32)43(38-25-12-7-20-33(38)40)39-27(26-41)14-13-18-31(39)30-17-5-10-23-36(30)42-34-21-8-3-15-28(34)29-16-4-9-22-35(29)42/h3-25H,1-2H3. The van der Waals surface area contributed by atoms with Crippen molar-refractivity contribution in [2.75, 3.05) is 4.90 Å². The maximum atomic E-state index is 10.6. The highest BCUT2D eigenvalue weighted by Crippen LogP contribution is 2.54. The van der Waals surface area contributed by atoms with Crippen LogP contribution >= 0.6 is 0 Å². The number of nitrogens with zero attached hydrogens (tertiary/aromatic N) is 3. The van der Waals surface area contributed by atoms with Gasteiger partial charge in [0, 0.05) is 27.3 Å². The number of rotatable bonds is 3. The Morgan fingerprint density at radius 1 is 0.512 bits per heavy atom. The Balaban J connectivity index is 1.46. The van der Waals surface area contributed by atoms with E-state index in [1.807, 2.05) is 12.1 Å². The number of hydrogen-bond donors (Lipinski definition) is 0. The van der Waals surface area contributed by atoms with Crippen LogP contribution in [-0.4, -0.2) is 4.57 Å². The third-order valence-electron chi connectivity index (χ3n) is 9.03. The first-order valence-electron chi connectivity index (χ1n) is 14.7. The van der Waals surface area contributed by atoms with E-state index in [4.69, 9.17) is 0 Å². The topological polar surface area (TPSA) is 32.0 Å². The molecular weight excluding hydrogens is 522 g/mol. The smallest absolute Gasteiger partial charge is 0.101 e. The Morgan fingerprint density at radius 3 is 1.60 bits per heavy atom. The van der Waals surface area contributed by atoms with E-state index in [0.717, 1.165) is 44.9 Å². The molecule has 1 aliphatic rings. The maximum Gasteiger partial charge on any atom is 0.101 e. The number of hydrogen-bond acceptors (Lipinski definition) is 2. The van der Waals surface area contributed by atoms with Crippen molar-refractivity contribution in [2.45, 2.75) is 19.3 Å². The summed E-state index contributed by atoms with van der Waals surface area (Å²) in [4.78, 5) is 2.31. The van der Waals surface area contributed by atoms with Crippen LogP contribution in [0.1, 0.15) is 30.5 Å². The second-order valence-corrected chi connectivity index (χ2v) is 11.7. The SMILES string of the molecule is CC1(C)c2ccccc2N(c2c(C#N)cccc2-c2ccccc2-n2c3ccccc3c3ccccc32)c2ccccc21. The van der Waals surface area contributed by atoms with Crippen molar-refractivity contribution in [1.29, 1.82) is 5.26 Å². The third-order valence-corrected chi connectivity index (χ3v) is 9.03. The average Bonchev–Trinajstić information content (AvgIpc) is 3.39. The summed E-state index contributed by atoms with van der Waals surface area (Å²) in [7, 11) is 0. The van der Waals surface area contributed by atoms with Gasteiger partial charge in [0.25, 0.3) is 0 Å².